The molecular formula is C21H23FN2O2. The molecule has 2 heterocycles. The number of carbonyl (C=O) groups is 1. The van der Waals surface area contributed by atoms with Gasteiger partial charge in [-0.05, 0) is 23.8 Å². The second-order valence-electron chi connectivity index (χ2n) is 6.91. The van der Waals surface area contributed by atoms with E-state index in [1.54, 1.807) is 12.1 Å². The van der Waals surface area contributed by atoms with Crippen LogP contribution >= 0.6 is 0 Å². The lowest BCUT2D eigenvalue weighted by Crippen LogP contribution is -2.50. The van der Waals surface area contributed by atoms with Crippen molar-refractivity contribution in [3.63, 3.8) is 0 Å². The second-order valence-corrected chi connectivity index (χ2v) is 6.91. The highest BCUT2D eigenvalue weighted by atomic mass is 19.1. The molecule has 4 nitrogen and oxygen atoms in total. The van der Waals surface area contributed by atoms with Gasteiger partial charge in [-0.2, -0.15) is 0 Å². The lowest BCUT2D eigenvalue weighted by molar-refractivity contribution is -0.132. The molecule has 0 aliphatic carbocycles. The Hall–Kier alpha value is -2.40. The Morgan fingerprint density at radius 1 is 1.04 bits per heavy atom. The molecule has 26 heavy (non-hydrogen) atoms. The van der Waals surface area contributed by atoms with E-state index in [4.69, 9.17) is 4.74 Å². The molecule has 0 bridgehead atoms. The van der Waals surface area contributed by atoms with Gasteiger partial charge in [0.05, 0.1) is 13.0 Å². The molecule has 136 valence electrons. The molecule has 5 heteroatoms. The van der Waals surface area contributed by atoms with Gasteiger partial charge < -0.3 is 9.64 Å². The van der Waals surface area contributed by atoms with Gasteiger partial charge in [0.1, 0.15) is 11.6 Å². The van der Waals surface area contributed by atoms with Crippen LogP contribution in [0.25, 0.3) is 0 Å². The topological polar surface area (TPSA) is 32.8 Å². The zero-order chi connectivity index (χ0) is 17.9. The summed E-state index contributed by atoms with van der Waals surface area (Å²) in [6.45, 7) is 3.95. The fourth-order valence-electron chi connectivity index (χ4n) is 3.87. The predicted molar refractivity (Wildman–Crippen MR) is 97.6 cm³/mol. The third kappa shape index (κ3) is 3.58. The van der Waals surface area contributed by atoms with E-state index in [0.717, 1.165) is 50.5 Å². The summed E-state index contributed by atoms with van der Waals surface area (Å²) in [4.78, 5) is 16.9. The van der Waals surface area contributed by atoms with Crippen LogP contribution in [0.5, 0.6) is 5.75 Å². The lowest BCUT2D eigenvalue weighted by Gasteiger charge is -2.41. The van der Waals surface area contributed by atoms with Crippen molar-refractivity contribution in [3.8, 4) is 5.75 Å². The molecule has 2 aromatic rings. The van der Waals surface area contributed by atoms with Gasteiger partial charge in [-0.3, -0.25) is 9.69 Å². The van der Waals surface area contributed by atoms with Crippen LogP contribution in [0.2, 0.25) is 0 Å². The largest absolute Gasteiger partial charge is 0.493 e. The number of hydrogen-bond donors (Lipinski definition) is 0. The maximum Gasteiger partial charge on any atom is 0.227 e. The van der Waals surface area contributed by atoms with Gasteiger partial charge in [-0.15, -0.1) is 0 Å². The van der Waals surface area contributed by atoms with Crippen LogP contribution in [0.3, 0.4) is 0 Å². The zero-order valence-corrected chi connectivity index (χ0v) is 14.7. The average Bonchev–Trinajstić information content (AvgIpc) is 2.69. The predicted octanol–water partition coefficient (Wildman–Crippen LogP) is 3.04. The van der Waals surface area contributed by atoms with Crippen molar-refractivity contribution in [2.24, 2.45) is 0 Å². The van der Waals surface area contributed by atoms with E-state index in [2.05, 4.69) is 17.0 Å². The monoisotopic (exact) mass is 354 g/mol. The van der Waals surface area contributed by atoms with Crippen molar-refractivity contribution in [3.05, 3.63) is 65.5 Å². The molecule has 1 atom stereocenters. The van der Waals surface area contributed by atoms with Crippen LogP contribution in [0, 0.1) is 5.82 Å². The summed E-state index contributed by atoms with van der Waals surface area (Å²) in [5.74, 6) is 0.828. The van der Waals surface area contributed by atoms with Gasteiger partial charge in [0.25, 0.3) is 0 Å². The molecule has 2 aliphatic heterocycles. The van der Waals surface area contributed by atoms with E-state index in [0.29, 0.717) is 12.5 Å². The summed E-state index contributed by atoms with van der Waals surface area (Å²) in [5.41, 5.74) is 2.11. The van der Waals surface area contributed by atoms with Gasteiger partial charge in [0.2, 0.25) is 5.91 Å². The number of ether oxygens (including phenoxy) is 1. The van der Waals surface area contributed by atoms with E-state index >= 15 is 0 Å². The van der Waals surface area contributed by atoms with Crippen LogP contribution in [-0.4, -0.2) is 48.5 Å². The quantitative estimate of drug-likeness (QED) is 0.849. The van der Waals surface area contributed by atoms with Gasteiger partial charge in [-0.1, -0.05) is 30.3 Å². The second kappa shape index (κ2) is 7.46. The standard InChI is InChI=1S/C21H23FN2O2/c22-17-7-5-16(6-8-17)15-21(25)24-12-10-23(11-13-24)19-9-14-26-20-4-2-1-3-18(19)20/h1-8,19H,9-15H2. The smallest absolute Gasteiger partial charge is 0.227 e. The van der Waals surface area contributed by atoms with Gasteiger partial charge in [-0.25, -0.2) is 4.39 Å². The molecule has 1 saturated heterocycles. The number of carbonyl (C=O) groups excluding carboxylic acids is 1. The third-order valence-corrected chi connectivity index (χ3v) is 5.30. The molecule has 0 N–H and O–H groups in total. The molecule has 2 aliphatic rings. The summed E-state index contributed by atoms with van der Waals surface area (Å²) in [7, 11) is 0. The Bertz CT molecular complexity index is 770. The van der Waals surface area contributed by atoms with Gasteiger partial charge >= 0.3 is 0 Å². The molecule has 1 amide bonds. The van der Waals surface area contributed by atoms with Gasteiger partial charge in [0.15, 0.2) is 0 Å². The number of hydrogen-bond acceptors (Lipinski definition) is 3. The molecule has 4 rings (SSSR count). The maximum atomic E-state index is 13.0. The number of fused-ring (bicyclic) bond motifs is 1. The summed E-state index contributed by atoms with van der Waals surface area (Å²) >= 11 is 0. The Balaban J connectivity index is 1.36. The summed E-state index contributed by atoms with van der Waals surface area (Å²) in [6, 6.07) is 14.8. The highest BCUT2D eigenvalue weighted by molar-refractivity contribution is 5.78. The fourth-order valence-corrected chi connectivity index (χ4v) is 3.87. The molecule has 0 radical (unpaired) electrons. The molecule has 0 aromatic heterocycles. The first kappa shape index (κ1) is 17.0. The molecular weight excluding hydrogens is 331 g/mol. The minimum absolute atomic E-state index is 0.114. The Morgan fingerprint density at radius 2 is 1.77 bits per heavy atom. The Kier molecular flexibility index (Phi) is 4.89. The summed E-state index contributed by atoms with van der Waals surface area (Å²) in [6.07, 6.45) is 1.32. The van der Waals surface area contributed by atoms with E-state index in [1.165, 1.54) is 17.7 Å². The summed E-state index contributed by atoms with van der Waals surface area (Å²) in [5, 5.41) is 0. The van der Waals surface area contributed by atoms with Crippen molar-refractivity contribution in [1.29, 1.82) is 0 Å². The van der Waals surface area contributed by atoms with E-state index < -0.39 is 0 Å². The first-order valence-corrected chi connectivity index (χ1v) is 9.19. The zero-order valence-electron chi connectivity index (χ0n) is 14.7. The van der Waals surface area contributed by atoms with Crippen LogP contribution in [0.4, 0.5) is 4.39 Å². The van der Waals surface area contributed by atoms with Crippen LogP contribution in [0.1, 0.15) is 23.6 Å². The van der Waals surface area contributed by atoms with Crippen LogP contribution < -0.4 is 4.74 Å². The Morgan fingerprint density at radius 3 is 2.54 bits per heavy atom. The fraction of sp³-hybridized carbons (Fsp3) is 0.381. The van der Waals surface area contributed by atoms with Gasteiger partial charge in [0, 0.05) is 44.2 Å². The van der Waals surface area contributed by atoms with Crippen LogP contribution in [-0.2, 0) is 11.2 Å². The van der Waals surface area contributed by atoms with E-state index in [-0.39, 0.29) is 11.7 Å². The van der Waals surface area contributed by atoms with Crippen molar-refractivity contribution in [1.82, 2.24) is 9.80 Å². The first-order valence-electron chi connectivity index (χ1n) is 9.19. The number of amides is 1. The van der Waals surface area contributed by atoms with E-state index in [1.807, 2.05) is 17.0 Å². The van der Waals surface area contributed by atoms with E-state index in [9.17, 15) is 9.18 Å². The van der Waals surface area contributed by atoms with Crippen LogP contribution in [0.15, 0.2) is 48.5 Å². The summed E-state index contributed by atoms with van der Waals surface area (Å²) < 4.78 is 18.8. The molecule has 0 saturated carbocycles. The number of benzene rings is 2. The number of piperazine rings is 1. The van der Waals surface area contributed by atoms with Crippen molar-refractivity contribution in [2.75, 3.05) is 32.8 Å². The number of para-hydroxylation sites is 1. The number of nitrogens with zero attached hydrogens (tertiary/aromatic N) is 2. The maximum absolute atomic E-state index is 13.0. The normalized spacial score (nSPS) is 20.3. The minimum Gasteiger partial charge on any atom is -0.493 e. The highest BCUT2D eigenvalue weighted by Gasteiger charge is 2.30. The van der Waals surface area contributed by atoms with Crippen molar-refractivity contribution >= 4 is 5.91 Å². The number of rotatable bonds is 3. The minimum atomic E-state index is -0.272. The molecule has 1 unspecified atom stereocenters. The first-order chi connectivity index (χ1) is 12.7. The van der Waals surface area contributed by atoms with Crippen molar-refractivity contribution in [2.45, 2.75) is 18.9 Å². The highest BCUT2D eigenvalue weighted by Crippen LogP contribution is 2.36. The Labute approximate surface area is 153 Å². The lowest BCUT2D eigenvalue weighted by atomic mass is 9.98. The average molecular weight is 354 g/mol. The van der Waals surface area contributed by atoms with Crippen molar-refractivity contribution < 1.29 is 13.9 Å². The molecule has 1 fully saturated rings. The molecule has 2 aromatic carbocycles. The SMILES string of the molecule is O=C(Cc1ccc(F)cc1)N1CCN(C2CCOc3ccccc32)CC1. The molecule has 0 spiro atoms. The number of halogens is 1. The third-order valence-electron chi connectivity index (χ3n) is 5.30.